The van der Waals surface area contributed by atoms with E-state index in [0.29, 0.717) is 51.6 Å². The molecule has 0 spiro atoms. The molecule has 3 rings (SSSR count). The number of nitrogens with one attached hydrogen (secondary N) is 1. The van der Waals surface area contributed by atoms with E-state index >= 15 is 0 Å². The van der Waals surface area contributed by atoms with Gasteiger partial charge in [-0.25, -0.2) is 13.6 Å². The minimum atomic E-state index is -0.764. The van der Waals surface area contributed by atoms with Crippen LogP contribution in [0.3, 0.4) is 0 Å². The van der Waals surface area contributed by atoms with Crippen LogP contribution in [0, 0.1) is 17.6 Å². The van der Waals surface area contributed by atoms with Crippen LogP contribution < -0.4 is 10.1 Å². The average Bonchev–Trinajstić information content (AvgIpc) is 2.65. The molecule has 1 aliphatic heterocycles. The molecule has 148 valence electrons. The summed E-state index contributed by atoms with van der Waals surface area (Å²) < 4.78 is 32.2. The minimum Gasteiger partial charge on any atom is -0.487 e. The molecular formula is C19H24F2N2O4. The van der Waals surface area contributed by atoms with Gasteiger partial charge in [-0.1, -0.05) is 0 Å². The summed E-state index contributed by atoms with van der Waals surface area (Å²) in [6.07, 6.45) is 3.42. The number of carbonyl (C=O) groups is 2. The highest BCUT2D eigenvalue weighted by atomic mass is 19.1. The summed E-state index contributed by atoms with van der Waals surface area (Å²) in [6, 6.07) is 3.07. The SMILES string of the molecule is O=C(O)C1CCC(NC(=O)N2CCC(Oc3ccc(F)cc3F)CC2)CC1. The third kappa shape index (κ3) is 5.08. The van der Waals surface area contributed by atoms with E-state index in [9.17, 15) is 18.4 Å². The lowest BCUT2D eigenvalue weighted by molar-refractivity contribution is -0.142. The van der Waals surface area contributed by atoms with Gasteiger partial charge in [0.15, 0.2) is 11.6 Å². The van der Waals surface area contributed by atoms with Gasteiger partial charge in [-0.05, 0) is 37.8 Å². The summed E-state index contributed by atoms with van der Waals surface area (Å²) in [5.41, 5.74) is 0. The van der Waals surface area contributed by atoms with E-state index in [1.165, 1.54) is 6.07 Å². The average molecular weight is 382 g/mol. The van der Waals surface area contributed by atoms with Crippen LogP contribution in [0.15, 0.2) is 18.2 Å². The van der Waals surface area contributed by atoms with Crippen molar-refractivity contribution in [1.29, 1.82) is 0 Å². The van der Waals surface area contributed by atoms with Crippen LogP contribution in [-0.2, 0) is 4.79 Å². The third-order valence-corrected chi connectivity index (χ3v) is 5.32. The van der Waals surface area contributed by atoms with Gasteiger partial charge in [0.05, 0.1) is 5.92 Å². The number of piperidine rings is 1. The maximum atomic E-state index is 13.7. The largest absolute Gasteiger partial charge is 0.487 e. The quantitative estimate of drug-likeness (QED) is 0.838. The Morgan fingerprint density at radius 2 is 1.74 bits per heavy atom. The number of ether oxygens (including phenoxy) is 1. The zero-order chi connectivity index (χ0) is 19.4. The third-order valence-electron chi connectivity index (χ3n) is 5.32. The van der Waals surface area contributed by atoms with Gasteiger partial charge in [-0.15, -0.1) is 0 Å². The monoisotopic (exact) mass is 382 g/mol. The summed E-state index contributed by atoms with van der Waals surface area (Å²) in [7, 11) is 0. The lowest BCUT2D eigenvalue weighted by atomic mass is 9.86. The number of urea groups is 1. The lowest BCUT2D eigenvalue weighted by Gasteiger charge is -2.34. The highest BCUT2D eigenvalue weighted by Crippen LogP contribution is 2.25. The second kappa shape index (κ2) is 8.54. The second-order valence-electron chi connectivity index (χ2n) is 7.22. The first-order valence-electron chi connectivity index (χ1n) is 9.32. The second-order valence-corrected chi connectivity index (χ2v) is 7.22. The maximum Gasteiger partial charge on any atom is 0.317 e. The number of amides is 2. The van der Waals surface area contributed by atoms with Crippen molar-refractivity contribution in [2.45, 2.75) is 50.7 Å². The molecular weight excluding hydrogens is 358 g/mol. The Kier molecular flexibility index (Phi) is 6.13. The predicted octanol–water partition coefficient (Wildman–Crippen LogP) is 3.16. The molecule has 0 radical (unpaired) electrons. The minimum absolute atomic E-state index is 0.00962. The van der Waals surface area contributed by atoms with Crippen molar-refractivity contribution in [2.75, 3.05) is 13.1 Å². The van der Waals surface area contributed by atoms with E-state index in [4.69, 9.17) is 9.84 Å². The van der Waals surface area contributed by atoms with Gasteiger partial charge in [0.2, 0.25) is 0 Å². The summed E-state index contributed by atoms with van der Waals surface area (Å²) >= 11 is 0. The van der Waals surface area contributed by atoms with Crippen molar-refractivity contribution in [3.63, 3.8) is 0 Å². The van der Waals surface area contributed by atoms with Crippen LogP contribution >= 0.6 is 0 Å². The normalized spacial score (nSPS) is 23.7. The van der Waals surface area contributed by atoms with Crippen molar-refractivity contribution in [2.24, 2.45) is 5.92 Å². The highest BCUT2D eigenvalue weighted by molar-refractivity contribution is 5.75. The number of hydrogen-bond donors (Lipinski definition) is 2. The number of benzene rings is 1. The molecule has 2 amide bonds. The van der Waals surface area contributed by atoms with Crippen LogP contribution in [0.1, 0.15) is 38.5 Å². The van der Waals surface area contributed by atoms with E-state index in [2.05, 4.69) is 5.32 Å². The topological polar surface area (TPSA) is 78.9 Å². The van der Waals surface area contributed by atoms with Crippen LogP contribution in [0.4, 0.5) is 13.6 Å². The number of carboxylic acids is 1. The molecule has 6 nitrogen and oxygen atoms in total. The van der Waals surface area contributed by atoms with Crippen LogP contribution in [0.25, 0.3) is 0 Å². The highest BCUT2D eigenvalue weighted by Gasteiger charge is 2.29. The van der Waals surface area contributed by atoms with Crippen molar-refractivity contribution < 1.29 is 28.2 Å². The summed E-state index contributed by atoms with van der Waals surface area (Å²) in [5.74, 6) is -2.43. The maximum absolute atomic E-state index is 13.7. The van der Waals surface area contributed by atoms with Gasteiger partial charge in [0.25, 0.3) is 0 Å². The smallest absolute Gasteiger partial charge is 0.317 e. The number of rotatable bonds is 4. The number of aliphatic carboxylic acids is 1. The molecule has 1 saturated heterocycles. The zero-order valence-electron chi connectivity index (χ0n) is 15.0. The fraction of sp³-hybridized carbons (Fsp3) is 0.579. The summed E-state index contributed by atoms with van der Waals surface area (Å²) in [6.45, 7) is 0.980. The number of carboxylic acid groups (broad SMARTS) is 1. The Morgan fingerprint density at radius 3 is 2.33 bits per heavy atom. The summed E-state index contributed by atoms with van der Waals surface area (Å²) in [4.78, 5) is 25.1. The van der Waals surface area contributed by atoms with E-state index in [0.717, 1.165) is 12.1 Å². The Morgan fingerprint density at radius 1 is 1.07 bits per heavy atom. The molecule has 0 unspecified atom stereocenters. The Bertz CT molecular complexity index is 684. The van der Waals surface area contributed by atoms with Gasteiger partial charge in [-0.2, -0.15) is 0 Å². The zero-order valence-corrected chi connectivity index (χ0v) is 15.0. The number of hydrogen-bond acceptors (Lipinski definition) is 3. The van der Waals surface area contributed by atoms with E-state index in [1.54, 1.807) is 4.90 Å². The first-order chi connectivity index (χ1) is 12.9. The van der Waals surface area contributed by atoms with Crippen LogP contribution in [0.5, 0.6) is 5.75 Å². The molecule has 2 N–H and O–H groups in total. The fourth-order valence-electron chi connectivity index (χ4n) is 3.68. The van der Waals surface area contributed by atoms with Crippen molar-refractivity contribution in [3.05, 3.63) is 29.8 Å². The Labute approximate surface area is 156 Å². The lowest BCUT2D eigenvalue weighted by Crippen LogP contribution is -2.50. The van der Waals surface area contributed by atoms with Gasteiger partial charge in [0.1, 0.15) is 11.9 Å². The van der Waals surface area contributed by atoms with Gasteiger partial charge in [0, 0.05) is 38.0 Å². The molecule has 0 atom stereocenters. The van der Waals surface area contributed by atoms with Gasteiger partial charge >= 0.3 is 12.0 Å². The molecule has 1 aliphatic carbocycles. The Balaban J connectivity index is 1.42. The number of nitrogens with zero attached hydrogens (tertiary/aromatic N) is 1. The molecule has 1 aromatic rings. The number of likely N-dealkylation sites (tertiary alicyclic amines) is 1. The first-order valence-corrected chi connectivity index (χ1v) is 9.32. The van der Waals surface area contributed by atoms with E-state index in [1.807, 2.05) is 0 Å². The van der Waals surface area contributed by atoms with Gasteiger partial charge < -0.3 is 20.1 Å². The summed E-state index contributed by atoms with van der Waals surface area (Å²) in [5, 5.41) is 12.0. The van der Waals surface area contributed by atoms with E-state index < -0.39 is 17.6 Å². The molecule has 0 bridgehead atoms. The molecule has 1 aromatic carbocycles. The molecule has 2 fully saturated rings. The number of halogens is 2. The van der Waals surface area contributed by atoms with E-state index in [-0.39, 0.29) is 29.8 Å². The fourth-order valence-corrected chi connectivity index (χ4v) is 3.68. The van der Waals surface area contributed by atoms with Crippen LogP contribution in [0.2, 0.25) is 0 Å². The molecule has 8 heteroatoms. The number of carbonyl (C=O) groups excluding carboxylic acids is 1. The molecule has 27 heavy (non-hydrogen) atoms. The van der Waals surface area contributed by atoms with Crippen molar-refractivity contribution in [3.8, 4) is 5.75 Å². The molecule has 1 heterocycles. The van der Waals surface area contributed by atoms with Gasteiger partial charge in [-0.3, -0.25) is 4.79 Å². The molecule has 1 saturated carbocycles. The Hall–Kier alpha value is -2.38. The first kappa shape index (κ1) is 19.4. The predicted molar refractivity (Wildman–Crippen MR) is 93.5 cm³/mol. The molecule has 2 aliphatic rings. The molecule has 0 aromatic heterocycles. The van der Waals surface area contributed by atoms with Crippen LogP contribution in [-0.4, -0.2) is 47.2 Å². The standard InChI is InChI=1S/C19H24F2N2O4/c20-13-3-6-17(16(21)11-13)27-15-7-9-23(10-8-15)19(26)22-14-4-1-12(2-5-14)18(24)25/h3,6,11-12,14-15H,1-2,4-5,7-10H2,(H,22,26)(H,24,25). The van der Waals surface area contributed by atoms with Crippen molar-refractivity contribution >= 4 is 12.0 Å². The van der Waals surface area contributed by atoms with Crippen molar-refractivity contribution in [1.82, 2.24) is 10.2 Å².